The lowest BCUT2D eigenvalue weighted by atomic mass is 10.00. The highest BCUT2D eigenvalue weighted by Crippen LogP contribution is 2.28. The molecule has 0 N–H and O–H groups in total. The average molecular weight is 360 g/mol. The van der Waals surface area contributed by atoms with Crippen molar-refractivity contribution in [3.8, 4) is 0 Å². The topological polar surface area (TPSA) is 32.3 Å². The first-order chi connectivity index (χ1) is 9.74. The summed E-state index contributed by atoms with van der Waals surface area (Å²) in [6.45, 7) is 4.67. The first-order valence-corrected chi connectivity index (χ1v) is 8.58. The minimum Gasteiger partial charge on any atom is -0.355 e. The van der Waals surface area contributed by atoms with Crippen LogP contribution in [-0.2, 0) is 0 Å². The highest BCUT2D eigenvalue weighted by molar-refractivity contribution is 9.10. The second-order valence-electron chi connectivity index (χ2n) is 5.63. The van der Waals surface area contributed by atoms with Crippen molar-refractivity contribution >= 4 is 33.3 Å². The zero-order valence-corrected chi connectivity index (χ0v) is 13.9. The van der Waals surface area contributed by atoms with Gasteiger partial charge in [-0.15, -0.1) is 0 Å². The van der Waals surface area contributed by atoms with E-state index in [0.717, 1.165) is 29.4 Å². The standard InChI is InChI=1S/C14H20BrClN4/c15-12-10-17-14(16)18-13(12)20-8-4-11(5-9-20)19-6-2-1-3-7-19/h10-11H,1-9H2. The third-order valence-corrected chi connectivity index (χ3v) is 5.11. The van der Waals surface area contributed by atoms with Crippen LogP contribution in [0.15, 0.2) is 10.7 Å². The lowest BCUT2D eigenvalue weighted by molar-refractivity contribution is 0.141. The lowest BCUT2D eigenvalue weighted by Crippen LogP contribution is -2.47. The van der Waals surface area contributed by atoms with Gasteiger partial charge in [0, 0.05) is 25.3 Å². The number of rotatable bonds is 2. The summed E-state index contributed by atoms with van der Waals surface area (Å²) in [6.07, 6.45) is 8.31. The number of piperidine rings is 2. The highest BCUT2D eigenvalue weighted by Gasteiger charge is 2.26. The molecule has 4 nitrogen and oxygen atoms in total. The van der Waals surface area contributed by atoms with Crippen LogP contribution in [0, 0.1) is 0 Å². The molecule has 1 aromatic rings. The summed E-state index contributed by atoms with van der Waals surface area (Å²) in [6, 6.07) is 0.752. The summed E-state index contributed by atoms with van der Waals surface area (Å²) in [5.41, 5.74) is 0. The number of hydrogen-bond acceptors (Lipinski definition) is 4. The summed E-state index contributed by atoms with van der Waals surface area (Å²) in [4.78, 5) is 13.3. The Morgan fingerprint density at radius 2 is 1.80 bits per heavy atom. The second-order valence-corrected chi connectivity index (χ2v) is 6.82. The van der Waals surface area contributed by atoms with Gasteiger partial charge in [0.25, 0.3) is 0 Å². The third kappa shape index (κ3) is 3.26. The molecule has 0 bridgehead atoms. The molecule has 3 heterocycles. The minimum absolute atomic E-state index is 0.321. The first-order valence-electron chi connectivity index (χ1n) is 7.41. The van der Waals surface area contributed by atoms with E-state index in [1.54, 1.807) is 6.20 Å². The van der Waals surface area contributed by atoms with Gasteiger partial charge in [0.15, 0.2) is 0 Å². The predicted octanol–water partition coefficient (Wildman–Crippen LogP) is 3.35. The summed E-state index contributed by atoms with van der Waals surface area (Å²) in [5.74, 6) is 0.932. The molecule has 3 rings (SSSR count). The van der Waals surface area contributed by atoms with Crippen molar-refractivity contribution in [3.05, 3.63) is 16.0 Å². The van der Waals surface area contributed by atoms with Crippen LogP contribution in [0.5, 0.6) is 0 Å². The SMILES string of the molecule is Clc1ncc(Br)c(N2CCC(N3CCCCC3)CC2)n1. The summed E-state index contributed by atoms with van der Waals surface area (Å²) < 4.78 is 0.929. The fourth-order valence-electron chi connectivity index (χ4n) is 3.29. The highest BCUT2D eigenvalue weighted by atomic mass is 79.9. The molecule has 0 unspecified atom stereocenters. The summed E-state index contributed by atoms with van der Waals surface area (Å²) in [5, 5.41) is 0.321. The van der Waals surface area contributed by atoms with Crippen LogP contribution in [0.3, 0.4) is 0 Å². The van der Waals surface area contributed by atoms with E-state index in [0.29, 0.717) is 5.28 Å². The van der Waals surface area contributed by atoms with E-state index in [9.17, 15) is 0 Å². The zero-order valence-electron chi connectivity index (χ0n) is 11.6. The molecule has 0 amide bonds. The monoisotopic (exact) mass is 358 g/mol. The maximum absolute atomic E-state index is 5.91. The molecule has 2 aliphatic rings. The Morgan fingerprint density at radius 1 is 1.10 bits per heavy atom. The lowest BCUT2D eigenvalue weighted by Gasteiger charge is -2.40. The Labute approximate surface area is 133 Å². The van der Waals surface area contributed by atoms with Crippen molar-refractivity contribution in [3.63, 3.8) is 0 Å². The maximum atomic E-state index is 5.91. The van der Waals surface area contributed by atoms with Crippen molar-refractivity contribution in [2.45, 2.75) is 38.1 Å². The molecule has 0 aromatic carbocycles. The molecule has 2 saturated heterocycles. The zero-order chi connectivity index (χ0) is 13.9. The number of halogens is 2. The molecular weight excluding hydrogens is 340 g/mol. The molecule has 0 atom stereocenters. The van der Waals surface area contributed by atoms with E-state index in [-0.39, 0.29) is 0 Å². The van der Waals surface area contributed by atoms with Crippen molar-refractivity contribution in [1.29, 1.82) is 0 Å². The molecule has 2 aliphatic heterocycles. The van der Waals surface area contributed by atoms with Gasteiger partial charge in [0.05, 0.1) is 4.47 Å². The Kier molecular flexibility index (Phi) is 4.79. The Balaban J connectivity index is 1.61. The quantitative estimate of drug-likeness (QED) is 0.758. The van der Waals surface area contributed by atoms with E-state index in [2.05, 4.69) is 35.7 Å². The number of hydrogen-bond donors (Lipinski definition) is 0. The van der Waals surface area contributed by atoms with E-state index in [1.807, 2.05) is 0 Å². The van der Waals surface area contributed by atoms with E-state index >= 15 is 0 Å². The van der Waals surface area contributed by atoms with Gasteiger partial charge < -0.3 is 9.80 Å². The molecule has 0 radical (unpaired) electrons. The van der Waals surface area contributed by atoms with Crippen molar-refractivity contribution in [2.75, 3.05) is 31.1 Å². The largest absolute Gasteiger partial charge is 0.355 e. The van der Waals surface area contributed by atoms with Gasteiger partial charge in [-0.3, -0.25) is 0 Å². The first kappa shape index (κ1) is 14.5. The molecule has 2 fully saturated rings. The maximum Gasteiger partial charge on any atom is 0.224 e. The molecule has 0 aliphatic carbocycles. The average Bonchev–Trinajstić information content (AvgIpc) is 2.51. The second kappa shape index (κ2) is 6.58. The third-order valence-electron chi connectivity index (χ3n) is 4.37. The van der Waals surface area contributed by atoms with Gasteiger partial charge in [-0.1, -0.05) is 6.42 Å². The van der Waals surface area contributed by atoms with Gasteiger partial charge in [0.1, 0.15) is 5.82 Å². The molecule has 0 saturated carbocycles. The van der Waals surface area contributed by atoms with Gasteiger partial charge in [0.2, 0.25) is 5.28 Å². The van der Waals surface area contributed by atoms with Crippen LogP contribution >= 0.6 is 27.5 Å². The Morgan fingerprint density at radius 3 is 2.50 bits per heavy atom. The van der Waals surface area contributed by atoms with Crippen LogP contribution in [0.2, 0.25) is 5.28 Å². The number of aromatic nitrogens is 2. The van der Waals surface area contributed by atoms with E-state index in [4.69, 9.17) is 11.6 Å². The molecule has 20 heavy (non-hydrogen) atoms. The predicted molar refractivity (Wildman–Crippen MR) is 85.4 cm³/mol. The number of nitrogens with zero attached hydrogens (tertiary/aromatic N) is 4. The van der Waals surface area contributed by atoms with Gasteiger partial charge in [-0.2, -0.15) is 4.98 Å². The van der Waals surface area contributed by atoms with Crippen molar-refractivity contribution < 1.29 is 0 Å². The molecule has 1 aromatic heterocycles. The minimum atomic E-state index is 0.321. The summed E-state index contributed by atoms with van der Waals surface area (Å²) in [7, 11) is 0. The van der Waals surface area contributed by atoms with E-state index in [1.165, 1.54) is 45.2 Å². The van der Waals surface area contributed by atoms with Gasteiger partial charge >= 0.3 is 0 Å². The fourth-order valence-corrected chi connectivity index (χ4v) is 3.86. The van der Waals surface area contributed by atoms with Crippen LogP contribution in [0.4, 0.5) is 5.82 Å². The van der Waals surface area contributed by atoms with Crippen LogP contribution in [0.1, 0.15) is 32.1 Å². The van der Waals surface area contributed by atoms with Crippen molar-refractivity contribution in [1.82, 2.24) is 14.9 Å². The molecular formula is C14H20BrClN4. The fraction of sp³-hybridized carbons (Fsp3) is 0.714. The van der Waals surface area contributed by atoms with E-state index < -0.39 is 0 Å². The Hall–Kier alpha value is -0.390. The van der Waals surface area contributed by atoms with Gasteiger partial charge in [-0.25, -0.2) is 4.98 Å². The Bertz CT molecular complexity index is 456. The number of anilines is 1. The molecule has 6 heteroatoms. The smallest absolute Gasteiger partial charge is 0.224 e. The molecule has 0 spiro atoms. The van der Waals surface area contributed by atoms with Crippen LogP contribution in [-0.4, -0.2) is 47.1 Å². The van der Waals surface area contributed by atoms with Crippen molar-refractivity contribution in [2.24, 2.45) is 0 Å². The number of likely N-dealkylation sites (tertiary alicyclic amines) is 1. The van der Waals surface area contributed by atoms with Gasteiger partial charge in [-0.05, 0) is 66.3 Å². The van der Waals surface area contributed by atoms with Crippen LogP contribution in [0.25, 0.3) is 0 Å². The normalized spacial score (nSPS) is 22.2. The molecule has 110 valence electrons. The summed E-state index contributed by atoms with van der Waals surface area (Å²) >= 11 is 9.43. The van der Waals surface area contributed by atoms with Crippen LogP contribution < -0.4 is 4.90 Å².